The van der Waals surface area contributed by atoms with Crippen molar-refractivity contribution in [1.82, 2.24) is 5.32 Å². The van der Waals surface area contributed by atoms with Crippen LogP contribution in [0, 0.1) is 0 Å². The molecule has 1 amide bonds. The van der Waals surface area contributed by atoms with Gasteiger partial charge >= 0.3 is 5.97 Å². The van der Waals surface area contributed by atoms with Crippen molar-refractivity contribution in [2.75, 3.05) is 12.8 Å². The second-order valence-corrected chi connectivity index (χ2v) is 6.59. The molecule has 6 nitrogen and oxygen atoms in total. The highest BCUT2D eigenvalue weighted by molar-refractivity contribution is 5.99. The van der Waals surface area contributed by atoms with E-state index in [0.717, 1.165) is 16.7 Å². The van der Waals surface area contributed by atoms with Crippen LogP contribution in [0.25, 0.3) is 11.1 Å². The molecule has 0 aliphatic heterocycles. The van der Waals surface area contributed by atoms with Crippen molar-refractivity contribution in [3.63, 3.8) is 0 Å². The number of phenolic OH excluding ortho intramolecular Hbond substituents is 1. The maximum atomic E-state index is 12.5. The molecule has 0 radical (unpaired) electrons. The maximum Gasteiger partial charge on any atom is 0.328 e. The van der Waals surface area contributed by atoms with Crippen LogP contribution in [-0.2, 0) is 16.0 Å². The number of carbonyl (C=O) groups excluding carboxylic acids is 2. The molecule has 0 aromatic heterocycles. The molecular formula is C23H22N2O4. The second kappa shape index (κ2) is 8.93. The number of amides is 1. The predicted octanol–water partition coefficient (Wildman–Crippen LogP) is 3.16. The molecule has 6 heteroatoms. The lowest BCUT2D eigenvalue weighted by atomic mass is 10.0. The summed E-state index contributed by atoms with van der Waals surface area (Å²) in [6.07, 6.45) is 0.247. The zero-order valence-corrected chi connectivity index (χ0v) is 16.0. The Morgan fingerprint density at radius 3 is 2.31 bits per heavy atom. The molecule has 0 spiro atoms. The molecule has 0 aliphatic rings. The number of esters is 1. The van der Waals surface area contributed by atoms with E-state index in [2.05, 4.69) is 5.32 Å². The van der Waals surface area contributed by atoms with Crippen molar-refractivity contribution in [1.29, 1.82) is 0 Å². The number of nitrogens with two attached hydrogens (primary N) is 1. The van der Waals surface area contributed by atoms with E-state index in [4.69, 9.17) is 10.5 Å². The Kier molecular flexibility index (Phi) is 6.14. The highest BCUT2D eigenvalue weighted by atomic mass is 16.5. The Balaban J connectivity index is 1.76. The van der Waals surface area contributed by atoms with E-state index in [1.807, 2.05) is 54.6 Å². The molecule has 0 bridgehead atoms. The van der Waals surface area contributed by atoms with Crippen LogP contribution in [0.1, 0.15) is 15.9 Å². The lowest BCUT2D eigenvalue weighted by Gasteiger charge is -2.17. The molecule has 4 N–H and O–H groups in total. The summed E-state index contributed by atoms with van der Waals surface area (Å²) in [5.74, 6) is -1.40. The van der Waals surface area contributed by atoms with E-state index in [-0.39, 0.29) is 17.7 Å². The summed E-state index contributed by atoms with van der Waals surface area (Å²) in [6, 6.07) is 20.9. The number of ether oxygens (including phenoxy) is 1. The monoisotopic (exact) mass is 390 g/mol. The Hall–Kier alpha value is -3.80. The zero-order valence-electron chi connectivity index (χ0n) is 16.0. The van der Waals surface area contributed by atoms with Crippen molar-refractivity contribution in [2.45, 2.75) is 12.5 Å². The Bertz CT molecular complexity index is 1000. The van der Waals surface area contributed by atoms with Gasteiger partial charge in [-0.15, -0.1) is 0 Å². The van der Waals surface area contributed by atoms with Gasteiger partial charge in [0.2, 0.25) is 0 Å². The first-order valence-corrected chi connectivity index (χ1v) is 9.09. The van der Waals surface area contributed by atoms with Crippen LogP contribution in [0.2, 0.25) is 0 Å². The predicted molar refractivity (Wildman–Crippen MR) is 111 cm³/mol. The lowest BCUT2D eigenvalue weighted by molar-refractivity contribution is -0.142. The van der Waals surface area contributed by atoms with Gasteiger partial charge in [-0.05, 0) is 34.9 Å². The van der Waals surface area contributed by atoms with E-state index >= 15 is 0 Å². The average Bonchev–Trinajstić information content (AvgIpc) is 2.75. The second-order valence-electron chi connectivity index (χ2n) is 6.59. The third-order valence-electron chi connectivity index (χ3n) is 4.56. The number of rotatable bonds is 6. The number of hydrogen-bond acceptors (Lipinski definition) is 5. The third kappa shape index (κ3) is 4.93. The summed E-state index contributed by atoms with van der Waals surface area (Å²) in [5, 5.41) is 12.5. The fourth-order valence-electron chi connectivity index (χ4n) is 3.01. The third-order valence-corrected chi connectivity index (χ3v) is 4.56. The summed E-state index contributed by atoms with van der Waals surface area (Å²) in [5.41, 5.74) is 9.02. The number of aromatic hydroxyl groups is 1. The van der Waals surface area contributed by atoms with Crippen LogP contribution < -0.4 is 11.1 Å². The molecule has 1 atom stereocenters. The number of benzene rings is 3. The number of nitrogen functional groups attached to an aromatic ring is 1. The molecule has 0 saturated carbocycles. The summed E-state index contributed by atoms with van der Waals surface area (Å²) in [4.78, 5) is 24.7. The first-order valence-electron chi connectivity index (χ1n) is 9.09. The van der Waals surface area contributed by atoms with Crippen LogP contribution >= 0.6 is 0 Å². The number of methoxy groups -OCH3 is 1. The molecular weight excluding hydrogens is 368 g/mol. The SMILES string of the molecule is COC(=O)C(Cc1ccc(-c2ccccc2)cc1)NC(=O)c1cc(N)ccc1O. The minimum atomic E-state index is -0.907. The van der Waals surface area contributed by atoms with Crippen LogP contribution in [0.5, 0.6) is 5.75 Å². The fourth-order valence-corrected chi connectivity index (χ4v) is 3.01. The van der Waals surface area contributed by atoms with Crippen molar-refractivity contribution in [2.24, 2.45) is 0 Å². The highest BCUT2D eigenvalue weighted by Gasteiger charge is 2.24. The number of hydrogen-bond donors (Lipinski definition) is 3. The fraction of sp³-hybridized carbons (Fsp3) is 0.130. The molecule has 0 fully saturated rings. The van der Waals surface area contributed by atoms with E-state index in [0.29, 0.717) is 5.69 Å². The van der Waals surface area contributed by atoms with Crippen molar-refractivity contribution < 1.29 is 19.4 Å². The topological polar surface area (TPSA) is 102 Å². The largest absolute Gasteiger partial charge is 0.507 e. The molecule has 3 aromatic carbocycles. The van der Waals surface area contributed by atoms with Gasteiger partial charge in [-0.3, -0.25) is 4.79 Å². The van der Waals surface area contributed by atoms with Crippen molar-refractivity contribution in [3.05, 3.63) is 83.9 Å². The van der Waals surface area contributed by atoms with Crippen molar-refractivity contribution in [3.8, 4) is 16.9 Å². The molecule has 3 aromatic rings. The van der Waals surface area contributed by atoms with Crippen molar-refractivity contribution >= 4 is 17.6 Å². The molecule has 148 valence electrons. The standard InChI is InChI=1S/C23H22N2O4/c1-29-23(28)20(25-22(27)19-14-18(24)11-12-21(19)26)13-15-7-9-17(10-8-15)16-5-3-2-4-6-16/h2-12,14,20,26H,13,24H2,1H3,(H,25,27). The Morgan fingerprint density at radius 2 is 1.66 bits per heavy atom. The summed E-state index contributed by atoms with van der Waals surface area (Å²) >= 11 is 0. The molecule has 0 heterocycles. The van der Waals surface area contributed by atoms with Gasteiger partial charge < -0.3 is 20.9 Å². The first-order chi connectivity index (χ1) is 14.0. The summed E-state index contributed by atoms with van der Waals surface area (Å²) < 4.78 is 4.83. The van der Waals surface area contributed by atoms with Gasteiger partial charge in [0.25, 0.3) is 5.91 Å². The van der Waals surface area contributed by atoms with E-state index < -0.39 is 17.9 Å². The summed E-state index contributed by atoms with van der Waals surface area (Å²) in [6.45, 7) is 0. The smallest absolute Gasteiger partial charge is 0.328 e. The van der Waals surface area contributed by atoms with E-state index in [1.54, 1.807) is 0 Å². The normalized spacial score (nSPS) is 11.5. The van der Waals surface area contributed by atoms with Gasteiger partial charge in [0.05, 0.1) is 12.7 Å². The van der Waals surface area contributed by atoms with Gasteiger partial charge in [0.15, 0.2) is 0 Å². The van der Waals surface area contributed by atoms with Gasteiger partial charge in [0, 0.05) is 12.1 Å². The van der Waals surface area contributed by atoms with Gasteiger partial charge in [-0.25, -0.2) is 4.79 Å². The number of carbonyl (C=O) groups is 2. The minimum absolute atomic E-state index is 0.00155. The molecule has 1 unspecified atom stereocenters. The first kappa shape index (κ1) is 19.9. The minimum Gasteiger partial charge on any atom is -0.507 e. The average molecular weight is 390 g/mol. The van der Waals surface area contributed by atoms with Crippen LogP contribution in [0.4, 0.5) is 5.69 Å². The Labute approximate surface area is 168 Å². The van der Waals surface area contributed by atoms with E-state index in [1.165, 1.54) is 25.3 Å². The highest BCUT2D eigenvalue weighted by Crippen LogP contribution is 2.21. The van der Waals surface area contributed by atoms with Crippen LogP contribution in [-0.4, -0.2) is 30.1 Å². The molecule has 3 rings (SSSR count). The van der Waals surface area contributed by atoms with Crippen LogP contribution in [0.15, 0.2) is 72.8 Å². The summed E-state index contributed by atoms with van der Waals surface area (Å²) in [7, 11) is 1.26. The maximum absolute atomic E-state index is 12.5. The van der Waals surface area contributed by atoms with Crippen LogP contribution in [0.3, 0.4) is 0 Å². The molecule has 29 heavy (non-hydrogen) atoms. The number of nitrogens with one attached hydrogen (secondary N) is 1. The number of phenols is 1. The quantitative estimate of drug-likeness (QED) is 0.341. The van der Waals surface area contributed by atoms with Gasteiger partial charge in [-0.1, -0.05) is 54.6 Å². The Morgan fingerprint density at radius 1 is 1.00 bits per heavy atom. The lowest BCUT2D eigenvalue weighted by Crippen LogP contribution is -2.43. The zero-order chi connectivity index (χ0) is 20.8. The molecule has 0 saturated heterocycles. The van der Waals surface area contributed by atoms with Gasteiger partial charge in [-0.2, -0.15) is 0 Å². The molecule has 0 aliphatic carbocycles. The van der Waals surface area contributed by atoms with Gasteiger partial charge in [0.1, 0.15) is 11.8 Å². The number of anilines is 1. The van der Waals surface area contributed by atoms with E-state index in [9.17, 15) is 14.7 Å².